The van der Waals surface area contributed by atoms with Crippen LogP contribution in [0.5, 0.6) is 5.75 Å². The number of carbonyl (C=O) groups is 1. The number of hydrogen-bond donors (Lipinski definition) is 1. The van der Waals surface area contributed by atoms with E-state index in [1.165, 1.54) is 5.56 Å². The number of para-hydroxylation sites is 1. The quantitative estimate of drug-likeness (QED) is 0.591. The molecule has 2 rings (SSSR count). The molecule has 0 aliphatic rings. The number of nitrogens with one attached hydrogen (secondary N) is 1. The zero-order chi connectivity index (χ0) is 18.9. The van der Waals surface area contributed by atoms with Gasteiger partial charge in [0, 0.05) is 23.1 Å². The van der Waals surface area contributed by atoms with Gasteiger partial charge >= 0.3 is 0 Å². The van der Waals surface area contributed by atoms with Crippen LogP contribution in [0.4, 0.5) is 0 Å². The Morgan fingerprint density at radius 1 is 1.15 bits per heavy atom. The molecule has 0 heterocycles. The normalized spacial score (nSPS) is 12.0. The van der Waals surface area contributed by atoms with Crippen LogP contribution in [-0.4, -0.2) is 24.3 Å². The molecule has 0 spiro atoms. The molecular formula is C21H26ClNO2S. The second-order valence-electron chi connectivity index (χ2n) is 6.43. The number of ether oxygens (including phenoxy) is 1. The molecule has 1 atom stereocenters. The van der Waals surface area contributed by atoms with Gasteiger partial charge in [-0.2, -0.15) is 11.8 Å². The highest BCUT2D eigenvalue weighted by atomic mass is 35.5. The maximum atomic E-state index is 12.2. The van der Waals surface area contributed by atoms with Crippen molar-refractivity contribution in [2.45, 2.75) is 38.5 Å². The minimum absolute atomic E-state index is 0.0908. The lowest BCUT2D eigenvalue weighted by molar-refractivity contribution is -0.127. The van der Waals surface area contributed by atoms with Crippen LogP contribution in [0.3, 0.4) is 0 Å². The van der Waals surface area contributed by atoms with E-state index in [4.69, 9.17) is 16.3 Å². The highest BCUT2D eigenvalue weighted by Gasteiger charge is 2.16. The lowest BCUT2D eigenvalue weighted by atomic mass is 10.0. The van der Waals surface area contributed by atoms with E-state index in [0.29, 0.717) is 12.5 Å². The number of halogens is 1. The Labute approximate surface area is 165 Å². The molecule has 0 saturated heterocycles. The molecule has 0 saturated carbocycles. The lowest BCUT2D eigenvalue weighted by Gasteiger charge is -2.18. The topological polar surface area (TPSA) is 38.3 Å². The van der Waals surface area contributed by atoms with Gasteiger partial charge in [0.2, 0.25) is 0 Å². The molecule has 2 aromatic carbocycles. The van der Waals surface area contributed by atoms with Gasteiger partial charge in [0.1, 0.15) is 5.75 Å². The SMILES string of the molecule is CC(C)c1ccccc1O[C@H](C)C(=O)NCCSCc1cccc(Cl)c1. The fourth-order valence-electron chi connectivity index (χ4n) is 2.52. The standard InChI is InChI=1S/C21H26ClNO2S/c1-15(2)19-9-4-5-10-20(19)25-16(3)21(24)23-11-12-26-14-17-7-6-8-18(22)13-17/h4-10,13,15-16H,11-12,14H2,1-3H3,(H,23,24)/t16-/m1/s1. The first kappa shape index (κ1) is 20.7. The third-order valence-electron chi connectivity index (χ3n) is 3.92. The summed E-state index contributed by atoms with van der Waals surface area (Å²) in [5.41, 5.74) is 2.31. The number of benzene rings is 2. The van der Waals surface area contributed by atoms with Crippen molar-refractivity contribution in [3.05, 3.63) is 64.7 Å². The average molecular weight is 392 g/mol. The summed E-state index contributed by atoms with van der Waals surface area (Å²) in [6.07, 6.45) is -0.521. The summed E-state index contributed by atoms with van der Waals surface area (Å²) in [6, 6.07) is 15.7. The molecule has 140 valence electrons. The lowest BCUT2D eigenvalue weighted by Crippen LogP contribution is -2.37. The van der Waals surface area contributed by atoms with Gasteiger partial charge in [-0.15, -0.1) is 0 Å². The molecule has 0 fully saturated rings. The minimum Gasteiger partial charge on any atom is -0.481 e. The molecule has 5 heteroatoms. The Hall–Kier alpha value is -1.65. The maximum absolute atomic E-state index is 12.2. The number of carbonyl (C=O) groups excluding carboxylic acids is 1. The molecule has 0 aromatic heterocycles. The molecule has 0 unspecified atom stereocenters. The van der Waals surface area contributed by atoms with Crippen molar-refractivity contribution in [3.8, 4) is 5.75 Å². The Kier molecular flexibility index (Phi) is 8.33. The summed E-state index contributed by atoms with van der Waals surface area (Å²) >= 11 is 7.74. The van der Waals surface area contributed by atoms with E-state index in [1.807, 2.05) is 42.5 Å². The molecule has 0 bridgehead atoms. The molecular weight excluding hydrogens is 366 g/mol. The van der Waals surface area contributed by atoms with Crippen LogP contribution in [0.1, 0.15) is 37.8 Å². The molecule has 0 radical (unpaired) electrons. The molecule has 1 N–H and O–H groups in total. The monoisotopic (exact) mass is 391 g/mol. The van der Waals surface area contributed by atoms with Crippen molar-refractivity contribution in [3.63, 3.8) is 0 Å². The van der Waals surface area contributed by atoms with E-state index < -0.39 is 6.10 Å². The average Bonchev–Trinajstić information content (AvgIpc) is 2.61. The van der Waals surface area contributed by atoms with Gasteiger partial charge in [0.15, 0.2) is 6.10 Å². The van der Waals surface area contributed by atoms with Crippen molar-refractivity contribution >= 4 is 29.3 Å². The molecule has 26 heavy (non-hydrogen) atoms. The minimum atomic E-state index is -0.521. The smallest absolute Gasteiger partial charge is 0.260 e. The van der Waals surface area contributed by atoms with Crippen molar-refractivity contribution < 1.29 is 9.53 Å². The number of thioether (sulfide) groups is 1. The number of amides is 1. The molecule has 0 aliphatic carbocycles. The van der Waals surface area contributed by atoms with Gasteiger partial charge in [-0.3, -0.25) is 4.79 Å². The fraction of sp³-hybridized carbons (Fsp3) is 0.381. The van der Waals surface area contributed by atoms with Gasteiger partial charge < -0.3 is 10.1 Å². The first-order chi connectivity index (χ1) is 12.5. The van der Waals surface area contributed by atoms with Crippen LogP contribution >= 0.6 is 23.4 Å². The van der Waals surface area contributed by atoms with Gasteiger partial charge in [-0.25, -0.2) is 0 Å². The van der Waals surface area contributed by atoms with Crippen LogP contribution < -0.4 is 10.1 Å². The van der Waals surface area contributed by atoms with Crippen molar-refractivity contribution in [1.82, 2.24) is 5.32 Å². The van der Waals surface area contributed by atoms with Crippen LogP contribution in [0.25, 0.3) is 0 Å². The van der Waals surface area contributed by atoms with Crippen LogP contribution in [0.2, 0.25) is 5.02 Å². The van der Waals surface area contributed by atoms with Gasteiger partial charge in [-0.05, 0) is 42.2 Å². The zero-order valence-electron chi connectivity index (χ0n) is 15.5. The largest absolute Gasteiger partial charge is 0.481 e. The predicted molar refractivity (Wildman–Crippen MR) is 111 cm³/mol. The van der Waals surface area contributed by atoms with Gasteiger partial charge in [0.25, 0.3) is 5.91 Å². The highest BCUT2D eigenvalue weighted by molar-refractivity contribution is 7.98. The summed E-state index contributed by atoms with van der Waals surface area (Å²) < 4.78 is 5.87. The summed E-state index contributed by atoms with van der Waals surface area (Å²) in [7, 11) is 0. The number of rotatable bonds is 9. The van der Waals surface area contributed by atoms with Crippen molar-refractivity contribution in [1.29, 1.82) is 0 Å². The van der Waals surface area contributed by atoms with E-state index in [9.17, 15) is 4.79 Å². The Morgan fingerprint density at radius 3 is 2.65 bits per heavy atom. The molecule has 1 amide bonds. The third-order valence-corrected chi connectivity index (χ3v) is 5.18. The Bertz CT molecular complexity index is 721. The van der Waals surface area contributed by atoms with E-state index >= 15 is 0 Å². The Balaban J connectivity index is 1.72. The van der Waals surface area contributed by atoms with Crippen molar-refractivity contribution in [2.24, 2.45) is 0 Å². The summed E-state index contributed by atoms with van der Waals surface area (Å²) in [5.74, 6) is 2.76. The second kappa shape index (κ2) is 10.5. The molecule has 2 aromatic rings. The van der Waals surface area contributed by atoms with E-state index in [0.717, 1.165) is 27.8 Å². The van der Waals surface area contributed by atoms with E-state index in [1.54, 1.807) is 18.7 Å². The van der Waals surface area contributed by atoms with Crippen LogP contribution in [0, 0.1) is 0 Å². The molecule has 0 aliphatic heterocycles. The van der Waals surface area contributed by atoms with Gasteiger partial charge in [0.05, 0.1) is 0 Å². The first-order valence-electron chi connectivity index (χ1n) is 8.83. The number of hydrogen-bond acceptors (Lipinski definition) is 3. The zero-order valence-corrected chi connectivity index (χ0v) is 17.1. The second-order valence-corrected chi connectivity index (χ2v) is 7.97. The highest BCUT2D eigenvalue weighted by Crippen LogP contribution is 2.26. The van der Waals surface area contributed by atoms with E-state index in [-0.39, 0.29) is 5.91 Å². The first-order valence-corrected chi connectivity index (χ1v) is 10.4. The fourth-order valence-corrected chi connectivity index (χ4v) is 3.53. The van der Waals surface area contributed by atoms with Crippen molar-refractivity contribution in [2.75, 3.05) is 12.3 Å². The molecule has 3 nitrogen and oxygen atoms in total. The predicted octanol–water partition coefficient (Wildman–Crippen LogP) is 5.28. The summed E-state index contributed by atoms with van der Waals surface area (Å²) in [4.78, 5) is 12.2. The van der Waals surface area contributed by atoms with Gasteiger partial charge in [-0.1, -0.05) is 55.8 Å². The maximum Gasteiger partial charge on any atom is 0.260 e. The Morgan fingerprint density at radius 2 is 1.92 bits per heavy atom. The van der Waals surface area contributed by atoms with Crippen LogP contribution in [-0.2, 0) is 10.5 Å². The summed E-state index contributed by atoms with van der Waals surface area (Å²) in [5, 5.41) is 3.69. The van der Waals surface area contributed by atoms with Crippen LogP contribution in [0.15, 0.2) is 48.5 Å². The summed E-state index contributed by atoms with van der Waals surface area (Å²) in [6.45, 7) is 6.63. The third kappa shape index (κ3) is 6.58. The van der Waals surface area contributed by atoms with E-state index in [2.05, 4.69) is 25.2 Å².